The topological polar surface area (TPSA) is 78.3 Å². The molecule has 0 aliphatic heterocycles. The molecule has 5 heteroatoms. The molecular weight excluding hydrogens is 284 g/mol. The molecule has 1 rings (SSSR count). The Morgan fingerprint density at radius 3 is 2.82 bits per heavy atom. The molecule has 0 aliphatic rings. The number of nitrogens with two attached hydrogens (primary N) is 2. The van der Waals surface area contributed by atoms with Crippen LogP contribution in [0.5, 0.6) is 5.75 Å². The van der Waals surface area contributed by atoms with Gasteiger partial charge in [-0.05, 0) is 37.1 Å². The molecule has 0 aromatic heterocycles. The van der Waals surface area contributed by atoms with Crippen LogP contribution >= 0.6 is 15.9 Å². The second kappa shape index (κ2) is 6.61. The first-order chi connectivity index (χ1) is 7.99. The number of ether oxygens (including phenoxy) is 1. The zero-order valence-electron chi connectivity index (χ0n) is 9.78. The van der Waals surface area contributed by atoms with Crippen LogP contribution in [0, 0.1) is 0 Å². The summed E-state index contributed by atoms with van der Waals surface area (Å²) in [7, 11) is 0. The fraction of sp³-hybridized carbons (Fsp3) is 0.417. The maximum absolute atomic E-state index is 10.6. The van der Waals surface area contributed by atoms with E-state index in [1.807, 2.05) is 25.1 Å². The van der Waals surface area contributed by atoms with Gasteiger partial charge in [0.2, 0.25) is 5.91 Å². The van der Waals surface area contributed by atoms with Gasteiger partial charge in [-0.25, -0.2) is 0 Å². The predicted molar refractivity (Wildman–Crippen MR) is 70.8 cm³/mol. The summed E-state index contributed by atoms with van der Waals surface area (Å²) >= 11 is 3.41. The quantitative estimate of drug-likeness (QED) is 0.837. The van der Waals surface area contributed by atoms with Gasteiger partial charge in [0.1, 0.15) is 5.75 Å². The minimum absolute atomic E-state index is 0.0581. The van der Waals surface area contributed by atoms with Crippen LogP contribution in [0.25, 0.3) is 0 Å². The molecular formula is C12H17BrN2O2. The smallest absolute Gasteiger partial charge is 0.220 e. The van der Waals surface area contributed by atoms with Crippen molar-refractivity contribution in [1.82, 2.24) is 0 Å². The van der Waals surface area contributed by atoms with E-state index in [0.29, 0.717) is 6.61 Å². The Morgan fingerprint density at radius 1 is 1.53 bits per heavy atom. The summed E-state index contributed by atoms with van der Waals surface area (Å²) in [4.78, 5) is 10.6. The van der Waals surface area contributed by atoms with Crippen LogP contribution in [0.15, 0.2) is 22.7 Å². The summed E-state index contributed by atoms with van der Waals surface area (Å²) in [5, 5.41) is 0. The Morgan fingerprint density at radius 2 is 2.24 bits per heavy atom. The molecule has 1 aromatic rings. The van der Waals surface area contributed by atoms with Gasteiger partial charge < -0.3 is 16.2 Å². The second-order valence-corrected chi connectivity index (χ2v) is 4.91. The average molecular weight is 301 g/mol. The summed E-state index contributed by atoms with van der Waals surface area (Å²) in [6.07, 6.45) is 0.943. The van der Waals surface area contributed by atoms with Crippen molar-refractivity contribution >= 4 is 21.8 Å². The normalized spacial score (nSPS) is 12.2. The largest absolute Gasteiger partial charge is 0.493 e. The maximum Gasteiger partial charge on any atom is 0.220 e. The first-order valence-corrected chi connectivity index (χ1v) is 6.23. The Labute approximate surface area is 109 Å². The molecule has 17 heavy (non-hydrogen) atoms. The Balaban J connectivity index is 2.72. The highest BCUT2D eigenvalue weighted by Crippen LogP contribution is 2.24. The first-order valence-electron chi connectivity index (χ1n) is 5.44. The molecule has 0 spiro atoms. The van der Waals surface area contributed by atoms with Crippen LogP contribution in [0.1, 0.15) is 18.9 Å². The van der Waals surface area contributed by atoms with Crippen molar-refractivity contribution in [3.05, 3.63) is 28.2 Å². The summed E-state index contributed by atoms with van der Waals surface area (Å²) < 4.78 is 6.51. The molecule has 1 amide bonds. The van der Waals surface area contributed by atoms with Gasteiger partial charge in [0.05, 0.1) is 13.0 Å². The lowest BCUT2D eigenvalue weighted by atomic mass is 10.1. The van der Waals surface area contributed by atoms with Crippen molar-refractivity contribution in [2.45, 2.75) is 25.8 Å². The Kier molecular flexibility index (Phi) is 5.44. The van der Waals surface area contributed by atoms with Gasteiger partial charge in [-0.15, -0.1) is 0 Å². The van der Waals surface area contributed by atoms with Crippen LogP contribution in [0.3, 0.4) is 0 Å². The fourth-order valence-electron chi connectivity index (χ4n) is 1.46. The minimum atomic E-state index is -0.365. The lowest BCUT2D eigenvalue weighted by Gasteiger charge is -2.13. The molecule has 0 saturated heterocycles. The third-order valence-corrected chi connectivity index (χ3v) is 2.66. The van der Waals surface area contributed by atoms with E-state index >= 15 is 0 Å². The Bertz CT molecular complexity index is 394. The highest BCUT2D eigenvalue weighted by Gasteiger charge is 2.07. The van der Waals surface area contributed by atoms with E-state index in [2.05, 4.69) is 15.9 Å². The average Bonchev–Trinajstić information content (AvgIpc) is 2.20. The van der Waals surface area contributed by atoms with E-state index in [4.69, 9.17) is 16.2 Å². The number of carbonyl (C=O) groups excluding carboxylic acids is 1. The molecule has 1 aromatic carbocycles. The zero-order chi connectivity index (χ0) is 12.8. The molecule has 0 aliphatic carbocycles. The highest BCUT2D eigenvalue weighted by atomic mass is 79.9. The standard InChI is InChI=1S/C12H17BrN2O2/c1-8(14)6-9-7-10(13)2-3-11(9)17-5-4-12(15)16/h2-3,7-8H,4-6,14H2,1H3,(H2,15,16). The molecule has 1 atom stereocenters. The molecule has 4 nitrogen and oxygen atoms in total. The number of hydrogen-bond acceptors (Lipinski definition) is 3. The lowest BCUT2D eigenvalue weighted by Crippen LogP contribution is -2.19. The van der Waals surface area contributed by atoms with Gasteiger partial charge >= 0.3 is 0 Å². The number of halogens is 1. The van der Waals surface area contributed by atoms with Crippen LogP contribution in [-0.2, 0) is 11.2 Å². The number of primary amides is 1. The van der Waals surface area contributed by atoms with Gasteiger partial charge in [0.15, 0.2) is 0 Å². The van der Waals surface area contributed by atoms with Gasteiger partial charge in [-0.2, -0.15) is 0 Å². The second-order valence-electron chi connectivity index (χ2n) is 4.00. The number of rotatable bonds is 6. The van der Waals surface area contributed by atoms with Crippen molar-refractivity contribution in [2.75, 3.05) is 6.61 Å². The molecule has 0 radical (unpaired) electrons. The third kappa shape index (κ3) is 5.19. The summed E-state index contributed by atoms with van der Waals surface area (Å²) in [5.41, 5.74) is 11.9. The van der Waals surface area contributed by atoms with Crippen LogP contribution in [0.2, 0.25) is 0 Å². The van der Waals surface area contributed by atoms with Crippen molar-refractivity contribution < 1.29 is 9.53 Å². The number of amides is 1. The van der Waals surface area contributed by atoms with E-state index in [-0.39, 0.29) is 18.4 Å². The SMILES string of the molecule is CC(N)Cc1cc(Br)ccc1OCCC(N)=O. The number of carbonyl (C=O) groups is 1. The molecule has 94 valence electrons. The molecule has 1 unspecified atom stereocenters. The summed E-state index contributed by atoms with van der Waals surface area (Å²) in [6, 6.07) is 5.79. The van der Waals surface area contributed by atoms with Crippen LogP contribution in [-0.4, -0.2) is 18.6 Å². The van der Waals surface area contributed by atoms with E-state index in [1.165, 1.54) is 0 Å². The highest BCUT2D eigenvalue weighted by molar-refractivity contribution is 9.10. The van der Waals surface area contributed by atoms with Gasteiger partial charge in [0, 0.05) is 10.5 Å². The number of benzene rings is 1. The third-order valence-electron chi connectivity index (χ3n) is 2.17. The van der Waals surface area contributed by atoms with Gasteiger partial charge in [-0.1, -0.05) is 15.9 Å². The Hall–Kier alpha value is -1.07. The molecule has 0 saturated carbocycles. The lowest BCUT2D eigenvalue weighted by molar-refractivity contribution is -0.118. The summed E-state index contributed by atoms with van der Waals surface area (Å²) in [5.74, 6) is 0.391. The van der Waals surface area contributed by atoms with E-state index in [1.54, 1.807) is 0 Å². The predicted octanol–water partition coefficient (Wildman–Crippen LogP) is 1.59. The first kappa shape index (κ1) is 14.0. The van der Waals surface area contributed by atoms with Crippen molar-refractivity contribution in [3.8, 4) is 5.75 Å². The molecule has 0 fully saturated rings. The van der Waals surface area contributed by atoms with Crippen LogP contribution < -0.4 is 16.2 Å². The maximum atomic E-state index is 10.6. The molecule has 0 heterocycles. The van der Waals surface area contributed by atoms with Crippen molar-refractivity contribution in [2.24, 2.45) is 11.5 Å². The summed E-state index contributed by atoms with van der Waals surface area (Å²) in [6.45, 7) is 2.23. The van der Waals surface area contributed by atoms with E-state index in [9.17, 15) is 4.79 Å². The number of hydrogen-bond donors (Lipinski definition) is 2. The van der Waals surface area contributed by atoms with E-state index in [0.717, 1.165) is 22.2 Å². The van der Waals surface area contributed by atoms with Crippen molar-refractivity contribution in [3.63, 3.8) is 0 Å². The van der Waals surface area contributed by atoms with Crippen molar-refractivity contribution in [1.29, 1.82) is 0 Å². The van der Waals surface area contributed by atoms with E-state index < -0.39 is 0 Å². The van der Waals surface area contributed by atoms with Crippen LogP contribution in [0.4, 0.5) is 0 Å². The zero-order valence-corrected chi connectivity index (χ0v) is 11.4. The van der Waals surface area contributed by atoms with Gasteiger partial charge in [0.25, 0.3) is 0 Å². The minimum Gasteiger partial charge on any atom is -0.493 e. The molecule has 0 bridgehead atoms. The fourth-order valence-corrected chi connectivity index (χ4v) is 1.87. The van der Waals surface area contributed by atoms with Gasteiger partial charge in [-0.3, -0.25) is 4.79 Å². The molecule has 4 N–H and O–H groups in total. The monoisotopic (exact) mass is 300 g/mol.